The summed E-state index contributed by atoms with van der Waals surface area (Å²) in [6, 6.07) is 15.7. The van der Waals surface area contributed by atoms with Crippen LogP contribution in [0.2, 0.25) is 0 Å². The van der Waals surface area contributed by atoms with E-state index < -0.39 is 16.0 Å². The zero-order valence-corrected chi connectivity index (χ0v) is 22.4. The van der Waals surface area contributed by atoms with Gasteiger partial charge in [0.05, 0.1) is 34.5 Å². The van der Waals surface area contributed by atoms with Crippen molar-refractivity contribution in [1.29, 1.82) is 0 Å². The lowest BCUT2D eigenvalue weighted by Crippen LogP contribution is -2.49. The Labute approximate surface area is 226 Å². The maximum absolute atomic E-state index is 13.3. The number of rotatable bonds is 7. The maximum Gasteiger partial charge on any atom is 0.341 e. The van der Waals surface area contributed by atoms with Gasteiger partial charge >= 0.3 is 5.97 Å². The minimum Gasteiger partial charge on any atom is -0.462 e. The van der Waals surface area contributed by atoms with Gasteiger partial charge in [-0.15, -0.1) is 0 Å². The molecule has 1 aliphatic heterocycles. The molecule has 0 aliphatic carbocycles. The Morgan fingerprint density at radius 1 is 0.974 bits per heavy atom. The lowest BCUT2D eigenvalue weighted by molar-refractivity contribution is -0.114. The third-order valence-electron chi connectivity index (χ3n) is 6.43. The summed E-state index contributed by atoms with van der Waals surface area (Å²) in [4.78, 5) is 30.8. The van der Waals surface area contributed by atoms with Gasteiger partial charge < -0.3 is 15.0 Å². The van der Waals surface area contributed by atoms with E-state index in [2.05, 4.69) is 15.4 Å². The van der Waals surface area contributed by atoms with Crippen molar-refractivity contribution in [2.45, 2.75) is 18.7 Å². The number of amides is 1. The van der Waals surface area contributed by atoms with Crippen LogP contribution < -0.4 is 10.2 Å². The highest BCUT2D eigenvalue weighted by Gasteiger charge is 2.31. The van der Waals surface area contributed by atoms with Crippen LogP contribution in [0.1, 0.15) is 24.2 Å². The number of hydrogen-bond acceptors (Lipinski definition) is 8. The molecule has 3 heterocycles. The summed E-state index contributed by atoms with van der Waals surface area (Å²) < 4.78 is 35.1. The first-order valence-corrected chi connectivity index (χ1v) is 14.0. The second-order valence-electron chi connectivity index (χ2n) is 8.97. The van der Waals surface area contributed by atoms with E-state index in [1.807, 2.05) is 35.2 Å². The van der Waals surface area contributed by atoms with E-state index in [9.17, 15) is 18.0 Å². The first-order valence-electron chi connectivity index (χ1n) is 12.5. The van der Waals surface area contributed by atoms with E-state index in [-0.39, 0.29) is 30.5 Å². The molecule has 4 aromatic rings. The third kappa shape index (κ3) is 5.20. The largest absolute Gasteiger partial charge is 0.462 e. The third-order valence-corrected chi connectivity index (χ3v) is 8.35. The van der Waals surface area contributed by atoms with Gasteiger partial charge in [-0.3, -0.25) is 4.79 Å². The number of anilines is 2. The minimum atomic E-state index is -3.75. The summed E-state index contributed by atoms with van der Waals surface area (Å²) in [6.07, 6.45) is 3.17. The summed E-state index contributed by atoms with van der Waals surface area (Å²) in [6.45, 7) is 4.48. The lowest BCUT2D eigenvalue weighted by Gasteiger charge is -2.36. The fourth-order valence-corrected chi connectivity index (χ4v) is 6.06. The molecule has 12 heteroatoms. The summed E-state index contributed by atoms with van der Waals surface area (Å²) in [5.74, 6) is -0.730. The number of nitrogens with zero attached hydrogens (tertiary/aromatic N) is 5. The molecule has 39 heavy (non-hydrogen) atoms. The second-order valence-corrected chi connectivity index (χ2v) is 10.9. The second kappa shape index (κ2) is 10.8. The van der Waals surface area contributed by atoms with Crippen LogP contribution in [0.4, 0.5) is 11.4 Å². The Kier molecular flexibility index (Phi) is 7.31. The molecule has 1 aliphatic rings. The molecular weight excluding hydrogens is 520 g/mol. The molecule has 0 atom stereocenters. The van der Waals surface area contributed by atoms with Crippen LogP contribution in [-0.4, -0.2) is 72.1 Å². The number of esters is 1. The first-order chi connectivity index (χ1) is 18.8. The zero-order valence-electron chi connectivity index (χ0n) is 21.6. The predicted molar refractivity (Wildman–Crippen MR) is 147 cm³/mol. The Morgan fingerprint density at radius 3 is 2.31 bits per heavy atom. The molecule has 202 valence electrons. The standard InChI is InChI=1S/C27H28N6O5S/c1-3-38-27(35)24-17-28-26-23(18-29-33(26)21-7-5-4-6-8-21)25(24)31-13-15-32(16-14-31)39(36,37)22-11-9-20(10-12-22)30-19(2)34/h4-12,17-18H,3,13-16H2,1-2H3,(H,30,34). The monoisotopic (exact) mass is 548 g/mol. The zero-order chi connectivity index (χ0) is 27.6. The van der Waals surface area contributed by atoms with Crippen LogP contribution in [0.5, 0.6) is 0 Å². The van der Waals surface area contributed by atoms with Crippen LogP contribution in [0, 0.1) is 0 Å². The van der Waals surface area contributed by atoms with Crippen molar-refractivity contribution in [3.05, 3.63) is 72.6 Å². The predicted octanol–water partition coefficient (Wildman–Crippen LogP) is 3.07. The van der Waals surface area contributed by atoms with Crippen molar-refractivity contribution >= 4 is 44.3 Å². The number of carbonyl (C=O) groups is 2. The van der Waals surface area contributed by atoms with Crippen molar-refractivity contribution in [2.75, 3.05) is 43.0 Å². The van der Waals surface area contributed by atoms with E-state index >= 15 is 0 Å². The number of fused-ring (bicyclic) bond motifs is 1. The topological polar surface area (TPSA) is 127 Å². The van der Waals surface area contributed by atoms with E-state index in [0.717, 1.165) is 5.69 Å². The molecule has 0 spiro atoms. The Morgan fingerprint density at radius 2 is 1.67 bits per heavy atom. The van der Waals surface area contributed by atoms with Crippen molar-refractivity contribution in [2.24, 2.45) is 0 Å². The van der Waals surface area contributed by atoms with Gasteiger partial charge in [-0.05, 0) is 43.3 Å². The van der Waals surface area contributed by atoms with Gasteiger partial charge in [0.1, 0.15) is 5.56 Å². The summed E-state index contributed by atoms with van der Waals surface area (Å²) in [5, 5.41) is 7.84. The van der Waals surface area contributed by atoms with Gasteiger partial charge in [0, 0.05) is 45.0 Å². The molecule has 11 nitrogen and oxygen atoms in total. The van der Waals surface area contributed by atoms with Crippen LogP contribution in [-0.2, 0) is 19.6 Å². The van der Waals surface area contributed by atoms with Gasteiger partial charge in [-0.1, -0.05) is 18.2 Å². The molecule has 0 bridgehead atoms. The number of piperazine rings is 1. The van der Waals surface area contributed by atoms with Crippen molar-refractivity contribution in [1.82, 2.24) is 19.1 Å². The fourth-order valence-electron chi connectivity index (χ4n) is 4.64. The normalized spacial score (nSPS) is 14.4. The highest BCUT2D eigenvalue weighted by Crippen LogP contribution is 2.33. The van der Waals surface area contributed by atoms with Gasteiger partial charge in [0.25, 0.3) is 0 Å². The lowest BCUT2D eigenvalue weighted by atomic mass is 10.1. The minimum absolute atomic E-state index is 0.146. The van der Waals surface area contributed by atoms with Gasteiger partial charge in [-0.2, -0.15) is 9.40 Å². The molecule has 2 aromatic carbocycles. The molecular formula is C27H28N6O5S. The van der Waals surface area contributed by atoms with Crippen LogP contribution >= 0.6 is 0 Å². The van der Waals surface area contributed by atoms with E-state index in [1.165, 1.54) is 29.6 Å². The molecule has 0 unspecified atom stereocenters. The average molecular weight is 549 g/mol. The number of ether oxygens (including phenoxy) is 1. The summed E-state index contributed by atoms with van der Waals surface area (Å²) in [5.41, 5.74) is 2.86. The number of hydrogen-bond donors (Lipinski definition) is 1. The number of carbonyl (C=O) groups excluding carboxylic acids is 2. The number of benzene rings is 2. The van der Waals surface area contributed by atoms with Gasteiger partial charge in [0.2, 0.25) is 15.9 Å². The van der Waals surface area contributed by atoms with Crippen molar-refractivity contribution < 1.29 is 22.7 Å². The van der Waals surface area contributed by atoms with E-state index in [0.29, 0.717) is 41.1 Å². The van der Waals surface area contributed by atoms with Crippen molar-refractivity contribution in [3.8, 4) is 5.69 Å². The SMILES string of the molecule is CCOC(=O)c1cnc2c(cnn2-c2ccccc2)c1N1CCN(S(=O)(=O)c2ccc(NC(C)=O)cc2)CC1. The molecule has 2 aromatic heterocycles. The number of nitrogens with one attached hydrogen (secondary N) is 1. The molecule has 1 N–H and O–H groups in total. The van der Waals surface area contributed by atoms with Crippen LogP contribution in [0.25, 0.3) is 16.7 Å². The molecule has 1 saturated heterocycles. The average Bonchev–Trinajstić information content (AvgIpc) is 3.37. The Bertz CT molecular complexity index is 1610. The molecule has 0 radical (unpaired) electrons. The van der Waals surface area contributed by atoms with Crippen LogP contribution in [0.15, 0.2) is 71.9 Å². The highest BCUT2D eigenvalue weighted by atomic mass is 32.2. The Balaban J connectivity index is 1.44. The van der Waals surface area contributed by atoms with Gasteiger partial charge in [0.15, 0.2) is 5.65 Å². The highest BCUT2D eigenvalue weighted by molar-refractivity contribution is 7.89. The maximum atomic E-state index is 13.3. The fraction of sp³-hybridized carbons (Fsp3) is 0.259. The van der Waals surface area contributed by atoms with E-state index in [4.69, 9.17) is 4.74 Å². The van der Waals surface area contributed by atoms with Crippen molar-refractivity contribution in [3.63, 3.8) is 0 Å². The quantitative estimate of drug-likeness (QED) is 0.349. The number of sulfonamides is 1. The number of para-hydroxylation sites is 1. The van der Waals surface area contributed by atoms with Gasteiger partial charge in [-0.25, -0.2) is 22.9 Å². The first kappa shape index (κ1) is 26.3. The number of pyridine rings is 1. The molecule has 1 fully saturated rings. The van der Waals surface area contributed by atoms with E-state index in [1.54, 1.807) is 29.9 Å². The molecule has 0 saturated carbocycles. The summed E-state index contributed by atoms with van der Waals surface area (Å²) in [7, 11) is -3.75. The van der Waals surface area contributed by atoms with Crippen LogP contribution in [0.3, 0.4) is 0 Å². The molecule has 1 amide bonds. The smallest absolute Gasteiger partial charge is 0.341 e. The summed E-state index contributed by atoms with van der Waals surface area (Å²) >= 11 is 0. The Hall–Kier alpha value is -4.29. The number of aromatic nitrogens is 3. The molecule has 5 rings (SSSR count).